The summed E-state index contributed by atoms with van der Waals surface area (Å²) in [5.41, 5.74) is -3.45. The highest BCUT2D eigenvalue weighted by Gasteiger charge is 2.29. The number of hydrogen-bond donors (Lipinski definition) is 0. The number of alkyl halides is 3. The molecule has 1 aromatic rings. The summed E-state index contributed by atoms with van der Waals surface area (Å²) < 4.78 is 46.9. The van der Waals surface area contributed by atoms with Gasteiger partial charge in [-0.3, -0.25) is 0 Å². The topological polar surface area (TPSA) is 18.5 Å². The van der Waals surface area contributed by atoms with E-state index in [4.69, 9.17) is 9.47 Å². The van der Waals surface area contributed by atoms with E-state index in [2.05, 4.69) is 0 Å². The van der Waals surface area contributed by atoms with Crippen molar-refractivity contribution in [3.8, 4) is 0 Å². The van der Waals surface area contributed by atoms with Crippen molar-refractivity contribution in [2.24, 2.45) is 0 Å². The van der Waals surface area contributed by atoms with Gasteiger partial charge >= 0.3 is 5.51 Å². The summed E-state index contributed by atoms with van der Waals surface area (Å²) in [5.74, 6) is 0. The van der Waals surface area contributed by atoms with Gasteiger partial charge in [-0.1, -0.05) is 12.1 Å². The summed E-state index contributed by atoms with van der Waals surface area (Å²) in [6, 6.07) is 6.12. The normalized spacial score (nSPS) is 15.4. The van der Waals surface area contributed by atoms with Crippen LogP contribution in [0.25, 0.3) is 0 Å². The summed E-state index contributed by atoms with van der Waals surface area (Å²) in [6.07, 6.45) is -0.589. The van der Waals surface area contributed by atoms with E-state index >= 15 is 0 Å². The molecule has 0 aliphatic carbocycles. The first kappa shape index (κ1) is 15.3. The average Bonchev–Trinajstić information content (AvgIpc) is 2.27. The zero-order valence-electron chi connectivity index (χ0n) is 10.3. The maximum atomic E-state index is 12.1. The van der Waals surface area contributed by atoms with Gasteiger partial charge in [0, 0.05) is 12.0 Å². The summed E-state index contributed by atoms with van der Waals surface area (Å²) in [6.45, 7) is 3.58. The molecule has 0 aliphatic rings. The summed E-state index contributed by atoms with van der Waals surface area (Å²) in [7, 11) is 1.53. The summed E-state index contributed by atoms with van der Waals surface area (Å²) in [5, 5.41) is 0. The molecule has 0 aliphatic heterocycles. The largest absolute Gasteiger partial charge is 0.446 e. The van der Waals surface area contributed by atoms with Crippen molar-refractivity contribution in [2.45, 2.75) is 36.6 Å². The Morgan fingerprint density at radius 1 is 1.11 bits per heavy atom. The van der Waals surface area contributed by atoms with E-state index in [0.29, 0.717) is 0 Å². The molecule has 0 N–H and O–H groups in total. The van der Waals surface area contributed by atoms with Crippen LogP contribution in [0.4, 0.5) is 13.2 Å². The van der Waals surface area contributed by atoms with Gasteiger partial charge in [0.15, 0.2) is 6.29 Å². The second-order valence-corrected chi connectivity index (χ2v) is 4.84. The van der Waals surface area contributed by atoms with Crippen LogP contribution in [0.2, 0.25) is 0 Å². The number of methoxy groups -OCH3 is 1. The number of rotatable bonds is 5. The minimum atomic E-state index is -4.26. The molecule has 1 rings (SSSR count). The fourth-order valence-electron chi connectivity index (χ4n) is 1.36. The smallest absolute Gasteiger partial charge is 0.356 e. The van der Waals surface area contributed by atoms with Crippen LogP contribution in [0.1, 0.15) is 25.5 Å². The predicted molar refractivity (Wildman–Crippen MR) is 64.3 cm³/mol. The van der Waals surface area contributed by atoms with Crippen LogP contribution >= 0.6 is 11.8 Å². The fourth-order valence-corrected chi connectivity index (χ4v) is 1.90. The first-order valence-electron chi connectivity index (χ1n) is 5.36. The molecular weight excluding hydrogens is 265 g/mol. The fraction of sp³-hybridized carbons (Fsp3) is 0.500. The maximum absolute atomic E-state index is 12.1. The van der Waals surface area contributed by atoms with Crippen LogP contribution in [0.3, 0.4) is 0 Å². The van der Waals surface area contributed by atoms with E-state index in [0.717, 1.165) is 5.56 Å². The number of halogens is 3. The molecule has 0 heterocycles. The van der Waals surface area contributed by atoms with E-state index in [-0.39, 0.29) is 29.1 Å². The number of ether oxygens (including phenoxy) is 2. The Balaban J connectivity index is 2.65. The molecule has 0 aromatic heterocycles. The molecule has 6 heteroatoms. The minimum absolute atomic E-state index is 0.126. The van der Waals surface area contributed by atoms with Crippen LogP contribution in [0.5, 0.6) is 0 Å². The molecule has 2 unspecified atom stereocenters. The SMILES string of the molecule is COC(C)OC(C)c1ccc(SC(F)(F)F)cc1. The lowest BCUT2D eigenvalue weighted by Crippen LogP contribution is -2.13. The van der Waals surface area contributed by atoms with Crippen molar-refractivity contribution in [2.75, 3.05) is 7.11 Å². The van der Waals surface area contributed by atoms with Gasteiger partial charge < -0.3 is 9.47 Å². The molecule has 2 atom stereocenters. The Morgan fingerprint density at radius 2 is 1.67 bits per heavy atom. The third-order valence-electron chi connectivity index (χ3n) is 2.31. The summed E-state index contributed by atoms with van der Waals surface area (Å²) in [4.78, 5) is 0.165. The molecule has 2 nitrogen and oxygen atoms in total. The second-order valence-electron chi connectivity index (χ2n) is 3.70. The van der Waals surface area contributed by atoms with Gasteiger partial charge in [-0.15, -0.1) is 0 Å². The van der Waals surface area contributed by atoms with Crippen molar-refractivity contribution in [3.05, 3.63) is 29.8 Å². The Bertz CT molecular complexity index is 365. The predicted octanol–water partition coefficient (Wildman–Crippen LogP) is 4.37. The van der Waals surface area contributed by atoms with Gasteiger partial charge in [0.05, 0.1) is 6.10 Å². The highest BCUT2D eigenvalue weighted by molar-refractivity contribution is 8.00. The van der Waals surface area contributed by atoms with Crippen molar-refractivity contribution >= 4 is 11.8 Å². The van der Waals surface area contributed by atoms with E-state index in [1.54, 1.807) is 19.1 Å². The number of benzene rings is 1. The second kappa shape index (κ2) is 6.45. The van der Waals surface area contributed by atoms with Crippen LogP contribution in [0, 0.1) is 0 Å². The zero-order valence-corrected chi connectivity index (χ0v) is 11.1. The monoisotopic (exact) mass is 280 g/mol. The first-order chi connectivity index (χ1) is 8.31. The van der Waals surface area contributed by atoms with Crippen molar-refractivity contribution in [3.63, 3.8) is 0 Å². The van der Waals surface area contributed by atoms with Gasteiger partial charge in [-0.25, -0.2) is 0 Å². The van der Waals surface area contributed by atoms with Crippen LogP contribution < -0.4 is 0 Å². The quantitative estimate of drug-likeness (QED) is 0.589. The molecule has 18 heavy (non-hydrogen) atoms. The Kier molecular flexibility index (Phi) is 5.49. The molecule has 0 saturated heterocycles. The van der Waals surface area contributed by atoms with E-state index in [1.165, 1.54) is 19.2 Å². The zero-order chi connectivity index (χ0) is 13.8. The molecule has 0 bridgehead atoms. The highest BCUT2D eigenvalue weighted by Crippen LogP contribution is 2.37. The standard InChI is InChI=1S/C12H15F3O2S/c1-8(17-9(2)16-3)10-4-6-11(7-5-10)18-12(13,14)15/h4-9H,1-3H3. The van der Waals surface area contributed by atoms with Gasteiger partial charge in [0.2, 0.25) is 0 Å². The van der Waals surface area contributed by atoms with E-state index in [1.807, 2.05) is 6.92 Å². The maximum Gasteiger partial charge on any atom is 0.446 e. The van der Waals surface area contributed by atoms with Crippen molar-refractivity contribution in [1.82, 2.24) is 0 Å². The lowest BCUT2D eigenvalue weighted by atomic mass is 10.1. The molecular formula is C12H15F3O2S. The molecule has 102 valence electrons. The van der Waals surface area contributed by atoms with Gasteiger partial charge in [-0.2, -0.15) is 13.2 Å². The summed E-state index contributed by atoms with van der Waals surface area (Å²) >= 11 is -0.126. The molecule has 0 fully saturated rings. The molecule has 0 amide bonds. The number of thioether (sulfide) groups is 1. The van der Waals surface area contributed by atoms with Gasteiger partial charge in [-0.05, 0) is 43.3 Å². The molecule has 1 aromatic carbocycles. The third-order valence-corrected chi connectivity index (χ3v) is 3.05. The van der Waals surface area contributed by atoms with Crippen LogP contribution in [-0.2, 0) is 9.47 Å². The van der Waals surface area contributed by atoms with Crippen molar-refractivity contribution < 1.29 is 22.6 Å². The third kappa shape index (κ3) is 5.29. The molecule has 0 spiro atoms. The molecule has 0 radical (unpaired) electrons. The van der Waals surface area contributed by atoms with Gasteiger partial charge in [0.25, 0.3) is 0 Å². The van der Waals surface area contributed by atoms with Crippen LogP contribution in [0.15, 0.2) is 29.2 Å². The van der Waals surface area contributed by atoms with E-state index in [9.17, 15) is 13.2 Å². The Hall–Kier alpha value is -0.720. The Labute approximate surface area is 108 Å². The van der Waals surface area contributed by atoms with Crippen LogP contribution in [-0.4, -0.2) is 18.9 Å². The van der Waals surface area contributed by atoms with E-state index < -0.39 is 5.51 Å². The van der Waals surface area contributed by atoms with Gasteiger partial charge in [0.1, 0.15) is 0 Å². The first-order valence-corrected chi connectivity index (χ1v) is 6.17. The number of hydrogen-bond acceptors (Lipinski definition) is 3. The average molecular weight is 280 g/mol. The lowest BCUT2D eigenvalue weighted by molar-refractivity contribution is -0.140. The lowest BCUT2D eigenvalue weighted by Gasteiger charge is -2.18. The minimum Gasteiger partial charge on any atom is -0.356 e. The molecule has 0 saturated carbocycles. The highest BCUT2D eigenvalue weighted by atomic mass is 32.2. The van der Waals surface area contributed by atoms with Crippen molar-refractivity contribution in [1.29, 1.82) is 0 Å². The Morgan fingerprint density at radius 3 is 2.11 bits per heavy atom.